The highest BCUT2D eigenvalue weighted by atomic mass is 79.9. The SMILES string of the molecule is C/C=C/c1cc(Br)ccc1SC(C)C. The fourth-order valence-corrected chi connectivity index (χ4v) is 2.49. The van der Waals surface area contributed by atoms with Crippen LogP contribution >= 0.6 is 27.7 Å². The summed E-state index contributed by atoms with van der Waals surface area (Å²) in [6.45, 7) is 6.48. The summed E-state index contributed by atoms with van der Waals surface area (Å²) < 4.78 is 1.14. The molecule has 0 aliphatic heterocycles. The van der Waals surface area contributed by atoms with Crippen molar-refractivity contribution in [2.24, 2.45) is 0 Å². The van der Waals surface area contributed by atoms with Gasteiger partial charge in [0.2, 0.25) is 0 Å². The first-order valence-corrected chi connectivity index (χ1v) is 6.39. The molecular formula is C12H15BrS. The van der Waals surface area contributed by atoms with Crippen LogP contribution < -0.4 is 0 Å². The minimum Gasteiger partial charge on any atom is -0.123 e. The van der Waals surface area contributed by atoms with Gasteiger partial charge < -0.3 is 0 Å². The summed E-state index contributed by atoms with van der Waals surface area (Å²) in [5.41, 5.74) is 1.29. The van der Waals surface area contributed by atoms with Crippen molar-refractivity contribution >= 4 is 33.8 Å². The molecule has 0 spiro atoms. The third-order valence-corrected chi connectivity index (χ3v) is 3.27. The van der Waals surface area contributed by atoms with Gasteiger partial charge in [-0.15, -0.1) is 11.8 Å². The predicted octanol–water partition coefficient (Wildman–Crippen LogP) is 4.98. The van der Waals surface area contributed by atoms with Gasteiger partial charge in [0, 0.05) is 14.6 Å². The van der Waals surface area contributed by atoms with Gasteiger partial charge in [0.25, 0.3) is 0 Å². The third-order valence-electron chi connectivity index (χ3n) is 1.68. The maximum Gasteiger partial charge on any atom is 0.0182 e. The van der Waals surface area contributed by atoms with Crippen LogP contribution in [0.3, 0.4) is 0 Å². The molecule has 0 heterocycles. The minimum atomic E-state index is 0.625. The highest BCUT2D eigenvalue weighted by molar-refractivity contribution is 9.10. The molecule has 2 heteroatoms. The third kappa shape index (κ3) is 3.50. The molecule has 0 bridgehead atoms. The average molecular weight is 271 g/mol. The summed E-state index contributed by atoms with van der Waals surface area (Å²) >= 11 is 5.39. The molecule has 0 amide bonds. The Bertz CT molecular complexity index is 329. The van der Waals surface area contributed by atoms with Gasteiger partial charge in [0.15, 0.2) is 0 Å². The fraction of sp³-hybridized carbons (Fsp3) is 0.333. The van der Waals surface area contributed by atoms with Crippen molar-refractivity contribution in [3.8, 4) is 0 Å². The van der Waals surface area contributed by atoms with Crippen LogP contribution in [0.15, 0.2) is 33.6 Å². The second kappa shape index (κ2) is 5.62. The van der Waals surface area contributed by atoms with Crippen LogP contribution in [-0.2, 0) is 0 Å². The van der Waals surface area contributed by atoms with E-state index in [2.05, 4.69) is 60.1 Å². The van der Waals surface area contributed by atoms with E-state index in [4.69, 9.17) is 0 Å². The number of hydrogen-bond donors (Lipinski definition) is 0. The molecule has 0 saturated heterocycles. The van der Waals surface area contributed by atoms with Crippen molar-refractivity contribution in [1.82, 2.24) is 0 Å². The number of rotatable bonds is 3. The van der Waals surface area contributed by atoms with Gasteiger partial charge in [-0.1, -0.05) is 41.9 Å². The van der Waals surface area contributed by atoms with Gasteiger partial charge in [0.1, 0.15) is 0 Å². The molecule has 0 aromatic heterocycles. The molecule has 76 valence electrons. The molecule has 0 aliphatic rings. The van der Waals surface area contributed by atoms with E-state index in [0.717, 1.165) is 4.47 Å². The zero-order valence-electron chi connectivity index (χ0n) is 8.75. The van der Waals surface area contributed by atoms with Crippen LogP contribution in [0.4, 0.5) is 0 Å². The monoisotopic (exact) mass is 270 g/mol. The molecular weight excluding hydrogens is 256 g/mol. The van der Waals surface area contributed by atoms with Gasteiger partial charge in [-0.3, -0.25) is 0 Å². The average Bonchev–Trinajstić information content (AvgIpc) is 2.09. The summed E-state index contributed by atoms with van der Waals surface area (Å²) in [6, 6.07) is 6.42. The molecule has 1 rings (SSSR count). The zero-order chi connectivity index (χ0) is 10.6. The first-order chi connectivity index (χ1) is 6.63. The topological polar surface area (TPSA) is 0 Å². The molecule has 0 atom stereocenters. The van der Waals surface area contributed by atoms with Crippen molar-refractivity contribution < 1.29 is 0 Å². The lowest BCUT2D eigenvalue weighted by Crippen LogP contribution is -1.88. The Morgan fingerprint density at radius 3 is 2.64 bits per heavy atom. The number of hydrogen-bond acceptors (Lipinski definition) is 1. The highest BCUT2D eigenvalue weighted by Gasteiger charge is 2.03. The summed E-state index contributed by atoms with van der Waals surface area (Å²) in [5.74, 6) is 0. The van der Waals surface area contributed by atoms with E-state index < -0.39 is 0 Å². The summed E-state index contributed by atoms with van der Waals surface area (Å²) in [6.07, 6.45) is 4.22. The second-order valence-corrected chi connectivity index (χ2v) is 5.88. The molecule has 0 unspecified atom stereocenters. The Labute approximate surface area is 98.9 Å². The van der Waals surface area contributed by atoms with Crippen molar-refractivity contribution in [3.05, 3.63) is 34.3 Å². The van der Waals surface area contributed by atoms with Gasteiger partial charge >= 0.3 is 0 Å². The van der Waals surface area contributed by atoms with E-state index in [0.29, 0.717) is 5.25 Å². The van der Waals surface area contributed by atoms with Crippen molar-refractivity contribution in [2.75, 3.05) is 0 Å². The fourth-order valence-electron chi connectivity index (χ4n) is 1.19. The molecule has 0 radical (unpaired) electrons. The molecule has 0 saturated carbocycles. The molecule has 1 aromatic carbocycles. The minimum absolute atomic E-state index is 0.625. The second-order valence-electron chi connectivity index (χ2n) is 3.35. The number of benzene rings is 1. The number of halogens is 1. The Morgan fingerprint density at radius 2 is 2.07 bits per heavy atom. The molecule has 14 heavy (non-hydrogen) atoms. The number of allylic oxidation sites excluding steroid dienone is 1. The van der Waals surface area contributed by atoms with Crippen LogP contribution in [0, 0.1) is 0 Å². The van der Waals surface area contributed by atoms with E-state index in [9.17, 15) is 0 Å². The Kier molecular flexibility index (Phi) is 4.76. The van der Waals surface area contributed by atoms with Gasteiger partial charge in [0.05, 0.1) is 0 Å². The molecule has 1 aromatic rings. The molecule has 0 N–H and O–H groups in total. The van der Waals surface area contributed by atoms with E-state index in [1.54, 1.807) is 0 Å². The van der Waals surface area contributed by atoms with Crippen LogP contribution in [0.5, 0.6) is 0 Å². The van der Waals surface area contributed by atoms with E-state index in [-0.39, 0.29) is 0 Å². The zero-order valence-corrected chi connectivity index (χ0v) is 11.2. The lowest BCUT2D eigenvalue weighted by atomic mass is 10.2. The van der Waals surface area contributed by atoms with Gasteiger partial charge in [-0.05, 0) is 30.7 Å². The van der Waals surface area contributed by atoms with Gasteiger partial charge in [-0.25, -0.2) is 0 Å². The Hall–Kier alpha value is -0.210. The summed E-state index contributed by atoms with van der Waals surface area (Å²) in [5, 5.41) is 0.625. The van der Waals surface area contributed by atoms with Crippen LogP contribution in [0.2, 0.25) is 0 Å². The quantitative estimate of drug-likeness (QED) is 0.698. The summed E-state index contributed by atoms with van der Waals surface area (Å²) in [7, 11) is 0. The maximum atomic E-state index is 3.49. The van der Waals surface area contributed by atoms with Crippen molar-refractivity contribution in [2.45, 2.75) is 30.9 Å². The van der Waals surface area contributed by atoms with E-state index in [1.807, 2.05) is 18.7 Å². The van der Waals surface area contributed by atoms with Crippen LogP contribution in [-0.4, -0.2) is 5.25 Å². The lowest BCUT2D eigenvalue weighted by molar-refractivity contribution is 1.11. The van der Waals surface area contributed by atoms with E-state index >= 15 is 0 Å². The molecule has 0 nitrogen and oxygen atoms in total. The van der Waals surface area contributed by atoms with Crippen LogP contribution in [0.1, 0.15) is 26.3 Å². The first kappa shape index (κ1) is 11.9. The van der Waals surface area contributed by atoms with Crippen molar-refractivity contribution in [1.29, 1.82) is 0 Å². The normalized spacial score (nSPS) is 11.5. The first-order valence-electron chi connectivity index (χ1n) is 4.72. The largest absolute Gasteiger partial charge is 0.123 e. The molecule has 0 fully saturated rings. The predicted molar refractivity (Wildman–Crippen MR) is 69.8 cm³/mol. The standard InChI is InChI=1S/C12H15BrS/c1-4-5-10-8-11(13)6-7-12(10)14-9(2)3/h4-9H,1-3H3/b5-4+. The van der Waals surface area contributed by atoms with E-state index in [1.165, 1.54) is 10.5 Å². The van der Waals surface area contributed by atoms with Crippen molar-refractivity contribution in [3.63, 3.8) is 0 Å². The smallest absolute Gasteiger partial charge is 0.0182 e. The maximum absolute atomic E-state index is 3.49. The number of thioether (sulfide) groups is 1. The Morgan fingerprint density at radius 1 is 1.36 bits per heavy atom. The lowest BCUT2D eigenvalue weighted by Gasteiger charge is -2.08. The molecule has 0 aliphatic carbocycles. The van der Waals surface area contributed by atoms with Gasteiger partial charge in [-0.2, -0.15) is 0 Å². The van der Waals surface area contributed by atoms with Crippen LogP contribution in [0.25, 0.3) is 6.08 Å². The summed E-state index contributed by atoms with van der Waals surface area (Å²) in [4.78, 5) is 1.35. The Balaban J connectivity index is 3.01. The highest BCUT2D eigenvalue weighted by Crippen LogP contribution is 2.29.